The Hall–Kier alpha value is -1.73. The number of carbonyl (C=O) groups is 3. The van der Waals surface area contributed by atoms with Crippen LogP contribution in [-0.2, 0) is 19.1 Å². The van der Waals surface area contributed by atoms with Crippen LogP contribution in [0.1, 0.15) is 24.8 Å². The van der Waals surface area contributed by atoms with Gasteiger partial charge in [0.1, 0.15) is 5.54 Å². The third kappa shape index (κ3) is 1.92. The second-order valence-electron chi connectivity index (χ2n) is 5.80. The van der Waals surface area contributed by atoms with Crippen molar-refractivity contribution in [2.75, 3.05) is 13.7 Å². The average molecular weight is 322 g/mol. The smallest absolute Gasteiger partial charge is 0.326 e. The largest absolute Gasteiger partial charge is 0.465 e. The van der Waals surface area contributed by atoms with E-state index in [0.717, 1.165) is 9.78 Å². The van der Waals surface area contributed by atoms with E-state index >= 15 is 0 Å². The first kappa shape index (κ1) is 15.2. The fraction of sp³-hybridized carbons (Fsp3) is 0.533. The van der Waals surface area contributed by atoms with Gasteiger partial charge in [-0.1, -0.05) is 6.07 Å². The average Bonchev–Trinajstić information content (AvgIpc) is 3.15. The molecule has 2 aliphatic heterocycles. The van der Waals surface area contributed by atoms with Gasteiger partial charge < -0.3 is 4.74 Å². The molecule has 0 spiro atoms. The lowest BCUT2D eigenvalue weighted by Gasteiger charge is -2.28. The molecule has 22 heavy (non-hydrogen) atoms. The van der Waals surface area contributed by atoms with Crippen molar-refractivity contribution in [1.29, 1.82) is 0 Å². The summed E-state index contributed by atoms with van der Waals surface area (Å²) in [5.74, 6) is -2.34. The molecule has 3 rings (SSSR count). The van der Waals surface area contributed by atoms with Gasteiger partial charge in [0.15, 0.2) is 0 Å². The number of ether oxygens (including phenoxy) is 1. The maximum atomic E-state index is 12.5. The molecule has 118 valence electrons. The lowest BCUT2D eigenvalue weighted by molar-refractivity contribution is -0.155. The molecule has 0 radical (unpaired) electrons. The number of hydrogen-bond donors (Lipinski definition) is 1. The molecule has 0 bridgehead atoms. The molecule has 2 amide bonds. The molecule has 0 aliphatic carbocycles. The van der Waals surface area contributed by atoms with Gasteiger partial charge in [0.2, 0.25) is 11.8 Å². The summed E-state index contributed by atoms with van der Waals surface area (Å²) >= 11 is 1.50. The number of nitrogens with one attached hydrogen (secondary N) is 1. The Labute approximate surface area is 132 Å². The molecule has 0 aromatic carbocycles. The number of hydrogen-bond acceptors (Lipinski definition) is 6. The number of imide groups is 1. The van der Waals surface area contributed by atoms with Crippen LogP contribution in [-0.4, -0.2) is 41.9 Å². The summed E-state index contributed by atoms with van der Waals surface area (Å²) in [6.45, 7) is 3.61. The van der Waals surface area contributed by atoms with Crippen molar-refractivity contribution in [3.63, 3.8) is 0 Å². The van der Waals surface area contributed by atoms with Crippen LogP contribution < -0.4 is 5.32 Å². The SMILES string of the molecule is CCOC(=O)[C@]1(C)N[C@@H](c2cccs2)[C@H]2C(=O)N(C)C(=O)[C@@H]21. The molecule has 1 aromatic heterocycles. The normalized spacial score (nSPS) is 34.1. The number of esters is 1. The van der Waals surface area contributed by atoms with Crippen molar-refractivity contribution < 1.29 is 19.1 Å². The number of amides is 2. The van der Waals surface area contributed by atoms with Crippen molar-refractivity contribution in [2.45, 2.75) is 25.4 Å². The number of fused-ring (bicyclic) bond motifs is 1. The Kier molecular flexibility index (Phi) is 3.57. The molecule has 2 fully saturated rings. The number of carbonyl (C=O) groups excluding carboxylic acids is 3. The van der Waals surface area contributed by atoms with E-state index in [1.54, 1.807) is 13.8 Å². The van der Waals surface area contributed by atoms with Crippen LogP contribution in [0.25, 0.3) is 0 Å². The maximum absolute atomic E-state index is 12.5. The third-order valence-corrected chi connectivity index (χ3v) is 5.51. The van der Waals surface area contributed by atoms with Crippen LogP contribution >= 0.6 is 11.3 Å². The van der Waals surface area contributed by atoms with E-state index in [4.69, 9.17) is 4.74 Å². The Bertz CT molecular complexity index is 629. The topological polar surface area (TPSA) is 75.7 Å². The third-order valence-electron chi connectivity index (χ3n) is 4.56. The van der Waals surface area contributed by atoms with E-state index in [9.17, 15) is 14.4 Å². The Morgan fingerprint density at radius 2 is 2.18 bits per heavy atom. The van der Waals surface area contributed by atoms with Gasteiger partial charge in [0.25, 0.3) is 0 Å². The van der Waals surface area contributed by atoms with Crippen LogP contribution in [0.3, 0.4) is 0 Å². The minimum Gasteiger partial charge on any atom is -0.465 e. The standard InChI is InChI=1S/C15H18N2O4S/c1-4-21-14(20)15(2)10-9(12(18)17(3)13(10)19)11(16-15)8-6-5-7-22-8/h5-7,9-11,16H,4H2,1-3H3/t9-,10+,11-,15+/m0/s1. The van der Waals surface area contributed by atoms with Gasteiger partial charge in [0, 0.05) is 11.9 Å². The molecule has 2 aliphatic rings. The maximum Gasteiger partial charge on any atom is 0.326 e. The van der Waals surface area contributed by atoms with Gasteiger partial charge in [-0.25, -0.2) is 0 Å². The zero-order chi connectivity index (χ0) is 16.1. The van der Waals surface area contributed by atoms with Crippen LogP contribution in [0.15, 0.2) is 17.5 Å². The Balaban J connectivity index is 2.06. The lowest BCUT2D eigenvalue weighted by atomic mass is 9.81. The predicted octanol–water partition coefficient (Wildman–Crippen LogP) is 0.945. The Morgan fingerprint density at radius 1 is 1.45 bits per heavy atom. The summed E-state index contributed by atoms with van der Waals surface area (Å²) in [7, 11) is 1.47. The predicted molar refractivity (Wildman–Crippen MR) is 80.0 cm³/mol. The first-order valence-electron chi connectivity index (χ1n) is 7.21. The molecular formula is C15H18N2O4S. The fourth-order valence-corrected chi connectivity index (χ4v) is 4.29. The minimum atomic E-state index is -1.19. The first-order chi connectivity index (χ1) is 10.4. The molecule has 1 N–H and O–H groups in total. The number of likely N-dealkylation sites (tertiary alicyclic amines) is 1. The van der Waals surface area contributed by atoms with Gasteiger partial charge in [-0.2, -0.15) is 0 Å². The lowest BCUT2D eigenvalue weighted by Crippen LogP contribution is -2.53. The monoisotopic (exact) mass is 322 g/mol. The summed E-state index contributed by atoms with van der Waals surface area (Å²) in [4.78, 5) is 39.5. The summed E-state index contributed by atoms with van der Waals surface area (Å²) in [6.07, 6.45) is 0. The van der Waals surface area contributed by atoms with Crippen LogP contribution in [0.2, 0.25) is 0 Å². The number of nitrogens with zero attached hydrogens (tertiary/aromatic N) is 1. The van der Waals surface area contributed by atoms with Gasteiger partial charge in [0.05, 0.1) is 24.5 Å². The highest BCUT2D eigenvalue weighted by Crippen LogP contribution is 2.49. The van der Waals surface area contributed by atoms with Gasteiger partial charge in [-0.05, 0) is 25.3 Å². The zero-order valence-electron chi connectivity index (χ0n) is 12.7. The van der Waals surface area contributed by atoms with Crippen molar-refractivity contribution >= 4 is 29.1 Å². The molecule has 2 saturated heterocycles. The van der Waals surface area contributed by atoms with E-state index in [1.807, 2.05) is 17.5 Å². The van der Waals surface area contributed by atoms with E-state index in [1.165, 1.54) is 18.4 Å². The van der Waals surface area contributed by atoms with Crippen LogP contribution in [0.5, 0.6) is 0 Å². The second-order valence-corrected chi connectivity index (χ2v) is 6.78. The highest BCUT2D eigenvalue weighted by Gasteiger charge is 2.66. The van der Waals surface area contributed by atoms with Gasteiger partial charge >= 0.3 is 5.97 Å². The molecule has 0 unspecified atom stereocenters. The number of thiophene rings is 1. The van der Waals surface area contributed by atoms with Gasteiger partial charge in [-0.3, -0.25) is 24.6 Å². The summed E-state index contributed by atoms with van der Waals surface area (Å²) < 4.78 is 5.14. The summed E-state index contributed by atoms with van der Waals surface area (Å²) in [6, 6.07) is 3.45. The second kappa shape index (κ2) is 5.17. The molecule has 3 heterocycles. The minimum absolute atomic E-state index is 0.231. The molecule has 0 saturated carbocycles. The Morgan fingerprint density at radius 3 is 2.77 bits per heavy atom. The summed E-state index contributed by atoms with van der Waals surface area (Å²) in [5, 5.41) is 5.12. The number of rotatable bonds is 3. The fourth-order valence-electron chi connectivity index (χ4n) is 3.46. The van der Waals surface area contributed by atoms with Crippen molar-refractivity contribution in [1.82, 2.24) is 10.2 Å². The molecule has 4 atom stereocenters. The van der Waals surface area contributed by atoms with E-state index in [2.05, 4.69) is 5.32 Å². The van der Waals surface area contributed by atoms with Crippen LogP contribution in [0, 0.1) is 11.8 Å². The van der Waals surface area contributed by atoms with Crippen molar-refractivity contribution in [3.05, 3.63) is 22.4 Å². The molecule has 7 heteroatoms. The highest BCUT2D eigenvalue weighted by molar-refractivity contribution is 7.10. The highest BCUT2D eigenvalue weighted by atomic mass is 32.1. The molecular weight excluding hydrogens is 304 g/mol. The van der Waals surface area contributed by atoms with Crippen molar-refractivity contribution in [2.24, 2.45) is 11.8 Å². The van der Waals surface area contributed by atoms with E-state index < -0.39 is 23.3 Å². The summed E-state index contributed by atoms with van der Waals surface area (Å²) in [5.41, 5.74) is -1.19. The first-order valence-corrected chi connectivity index (χ1v) is 8.09. The van der Waals surface area contributed by atoms with E-state index in [0.29, 0.717) is 0 Å². The zero-order valence-corrected chi connectivity index (χ0v) is 13.5. The van der Waals surface area contributed by atoms with E-state index in [-0.39, 0.29) is 24.5 Å². The molecule has 1 aromatic rings. The van der Waals surface area contributed by atoms with Crippen molar-refractivity contribution in [3.8, 4) is 0 Å². The van der Waals surface area contributed by atoms with Crippen LogP contribution in [0.4, 0.5) is 0 Å². The quantitative estimate of drug-likeness (QED) is 0.662. The molecule has 6 nitrogen and oxygen atoms in total. The van der Waals surface area contributed by atoms with Gasteiger partial charge in [-0.15, -0.1) is 11.3 Å².